The molecule has 0 radical (unpaired) electrons. The van der Waals surface area contributed by atoms with Gasteiger partial charge in [0.25, 0.3) is 5.91 Å². The SMILES string of the molecule is COc1ccc(OC)c(-c2cc(C(=O)NCC3CC3)c(C)n2CC2CCCCC2)c1.COc1ccc(OC)c(-c2cc(C(=O)O)c(C)n2CC2CCCCC2)c1. The molecule has 2 N–H and O–H groups in total. The van der Waals surface area contributed by atoms with Crippen molar-refractivity contribution >= 4 is 11.9 Å². The van der Waals surface area contributed by atoms with Gasteiger partial charge in [0.2, 0.25) is 0 Å². The van der Waals surface area contributed by atoms with Crippen LogP contribution in [0.25, 0.3) is 22.5 Å². The van der Waals surface area contributed by atoms with Crippen molar-refractivity contribution in [2.75, 3.05) is 35.0 Å². The van der Waals surface area contributed by atoms with Crippen molar-refractivity contribution in [2.24, 2.45) is 17.8 Å². The lowest BCUT2D eigenvalue weighted by molar-refractivity contribution is 0.0695. The van der Waals surface area contributed by atoms with E-state index >= 15 is 0 Å². The first kappa shape index (κ1) is 40.8. The second-order valence-electron chi connectivity index (χ2n) is 15.9. The van der Waals surface area contributed by atoms with Crippen molar-refractivity contribution in [2.45, 2.75) is 104 Å². The first-order valence-electron chi connectivity index (χ1n) is 20.5. The fourth-order valence-electron chi connectivity index (χ4n) is 8.59. The van der Waals surface area contributed by atoms with Gasteiger partial charge in [0.1, 0.15) is 23.0 Å². The third-order valence-electron chi connectivity index (χ3n) is 12.2. The van der Waals surface area contributed by atoms with Gasteiger partial charge in [-0.15, -0.1) is 0 Å². The zero-order chi connectivity index (χ0) is 39.8. The Hall–Kier alpha value is -4.86. The Kier molecular flexibility index (Phi) is 13.7. The predicted octanol–water partition coefficient (Wildman–Crippen LogP) is 9.96. The summed E-state index contributed by atoms with van der Waals surface area (Å²) in [4.78, 5) is 24.7. The predicted molar refractivity (Wildman–Crippen MR) is 221 cm³/mol. The lowest BCUT2D eigenvalue weighted by Crippen LogP contribution is -2.26. The zero-order valence-electron chi connectivity index (χ0n) is 34.2. The molecule has 4 aromatic rings. The average molecular weight is 768 g/mol. The first-order valence-corrected chi connectivity index (χ1v) is 20.5. The second kappa shape index (κ2) is 18.9. The standard InChI is InChI=1S/C25H34N2O3.C21H27NO4/c1-17-21(25(28)26-15-18-9-10-18)14-23(27(17)16-19-7-5-4-6-8-19)22-13-20(29-2)11-12-24(22)30-3;1-14-17(21(23)24)12-19(22(14)13-15-7-5-4-6-8-15)18-11-16(25-2)9-10-20(18)26-3/h11-14,18-19H,4-10,15-16H2,1-3H3,(H,26,28);9-12,15H,4-8,13H2,1-3H3,(H,23,24). The topological polar surface area (TPSA) is 113 Å². The number of aromatic nitrogens is 2. The summed E-state index contributed by atoms with van der Waals surface area (Å²) in [5, 5.41) is 12.8. The number of ether oxygens (including phenoxy) is 4. The Morgan fingerprint density at radius 1 is 0.607 bits per heavy atom. The first-order chi connectivity index (χ1) is 27.1. The number of carboxylic acid groups (broad SMARTS) is 1. The molecular weight excluding hydrogens is 707 g/mol. The summed E-state index contributed by atoms with van der Waals surface area (Å²) < 4.78 is 26.5. The van der Waals surface area contributed by atoms with Crippen LogP contribution in [-0.2, 0) is 13.1 Å². The van der Waals surface area contributed by atoms with Crippen LogP contribution in [0.1, 0.15) is 109 Å². The molecule has 56 heavy (non-hydrogen) atoms. The molecule has 302 valence electrons. The van der Waals surface area contributed by atoms with E-state index < -0.39 is 5.97 Å². The number of aromatic carboxylic acids is 1. The van der Waals surface area contributed by atoms with Gasteiger partial charge < -0.3 is 38.5 Å². The van der Waals surface area contributed by atoms with Crippen LogP contribution in [0.2, 0.25) is 0 Å². The number of rotatable bonds is 14. The van der Waals surface area contributed by atoms with Crippen LogP contribution in [0.15, 0.2) is 48.5 Å². The van der Waals surface area contributed by atoms with E-state index in [1.165, 1.54) is 77.0 Å². The highest BCUT2D eigenvalue weighted by Gasteiger charge is 2.27. The van der Waals surface area contributed by atoms with E-state index in [4.69, 9.17) is 18.9 Å². The van der Waals surface area contributed by atoms with Crippen LogP contribution in [0.3, 0.4) is 0 Å². The quantitative estimate of drug-likeness (QED) is 0.131. The monoisotopic (exact) mass is 767 g/mol. The molecule has 2 aromatic carbocycles. The maximum atomic E-state index is 13.0. The lowest BCUT2D eigenvalue weighted by Gasteiger charge is -2.24. The number of carboxylic acids is 1. The highest BCUT2D eigenvalue weighted by Crippen LogP contribution is 2.39. The van der Waals surface area contributed by atoms with Crippen LogP contribution in [0.5, 0.6) is 23.0 Å². The molecule has 3 aliphatic rings. The van der Waals surface area contributed by atoms with Crippen molar-refractivity contribution in [1.82, 2.24) is 14.5 Å². The van der Waals surface area contributed by atoms with Gasteiger partial charge >= 0.3 is 5.97 Å². The molecule has 0 spiro atoms. The molecule has 2 aromatic heterocycles. The summed E-state index contributed by atoms with van der Waals surface area (Å²) in [5.74, 6) is 4.06. The Morgan fingerprint density at radius 3 is 1.46 bits per heavy atom. The molecule has 1 amide bonds. The molecule has 3 aliphatic carbocycles. The Labute approximate surface area is 332 Å². The van der Waals surface area contributed by atoms with E-state index in [1.54, 1.807) is 34.5 Å². The third kappa shape index (κ3) is 9.56. The summed E-state index contributed by atoms with van der Waals surface area (Å²) >= 11 is 0. The van der Waals surface area contributed by atoms with Crippen molar-refractivity contribution < 1.29 is 33.6 Å². The highest BCUT2D eigenvalue weighted by molar-refractivity contribution is 5.97. The van der Waals surface area contributed by atoms with Gasteiger partial charge in [0.05, 0.1) is 51.0 Å². The smallest absolute Gasteiger partial charge is 0.337 e. The minimum atomic E-state index is -0.895. The number of methoxy groups -OCH3 is 4. The van der Waals surface area contributed by atoms with Gasteiger partial charge in [-0.1, -0.05) is 38.5 Å². The van der Waals surface area contributed by atoms with Crippen molar-refractivity contribution in [3.63, 3.8) is 0 Å². The van der Waals surface area contributed by atoms with Crippen molar-refractivity contribution in [3.8, 4) is 45.5 Å². The molecule has 0 atom stereocenters. The molecule has 0 aliphatic heterocycles. The number of carbonyl (C=O) groups excluding carboxylic acids is 1. The number of carbonyl (C=O) groups is 2. The van der Waals surface area contributed by atoms with Crippen LogP contribution < -0.4 is 24.3 Å². The molecule has 10 nitrogen and oxygen atoms in total. The maximum absolute atomic E-state index is 13.0. The van der Waals surface area contributed by atoms with Crippen LogP contribution in [0, 0.1) is 31.6 Å². The summed E-state index contributed by atoms with van der Waals surface area (Å²) in [6.45, 7) is 6.53. The summed E-state index contributed by atoms with van der Waals surface area (Å²) in [6, 6.07) is 15.3. The number of hydrogen-bond donors (Lipinski definition) is 2. The van der Waals surface area contributed by atoms with Gasteiger partial charge in [-0.2, -0.15) is 0 Å². The van der Waals surface area contributed by atoms with E-state index in [0.29, 0.717) is 29.1 Å². The van der Waals surface area contributed by atoms with E-state index in [2.05, 4.69) is 21.4 Å². The zero-order valence-corrected chi connectivity index (χ0v) is 34.2. The Balaban J connectivity index is 0.000000192. The summed E-state index contributed by atoms with van der Waals surface area (Å²) in [5.41, 5.74) is 6.69. The van der Waals surface area contributed by atoms with E-state index in [-0.39, 0.29) is 5.91 Å². The number of nitrogens with zero attached hydrogens (tertiary/aromatic N) is 2. The van der Waals surface area contributed by atoms with E-state index in [1.807, 2.05) is 49.4 Å². The molecule has 0 bridgehead atoms. The Morgan fingerprint density at radius 2 is 1.05 bits per heavy atom. The van der Waals surface area contributed by atoms with Gasteiger partial charge in [0.15, 0.2) is 0 Å². The van der Waals surface area contributed by atoms with Gasteiger partial charge in [0, 0.05) is 42.1 Å². The minimum absolute atomic E-state index is 0.0323. The Bertz CT molecular complexity index is 1960. The lowest BCUT2D eigenvalue weighted by atomic mass is 9.89. The maximum Gasteiger partial charge on any atom is 0.337 e. The number of amides is 1. The normalized spacial score (nSPS) is 16.1. The van der Waals surface area contributed by atoms with Crippen LogP contribution in [0.4, 0.5) is 0 Å². The van der Waals surface area contributed by atoms with Gasteiger partial charge in [-0.25, -0.2) is 4.79 Å². The minimum Gasteiger partial charge on any atom is -0.497 e. The summed E-state index contributed by atoms with van der Waals surface area (Å²) in [6.07, 6.45) is 15.2. The number of benzene rings is 2. The van der Waals surface area contributed by atoms with Gasteiger partial charge in [-0.3, -0.25) is 4.79 Å². The van der Waals surface area contributed by atoms with E-state index in [9.17, 15) is 14.7 Å². The van der Waals surface area contributed by atoms with Crippen LogP contribution >= 0.6 is 0 Å². The number of hydrogen-bond acceptors (Lipinski definition) is 6. The molecule has 10 heteroatoms. The molecular formula is C46H61N3O7. The molecule has 3 saturated carbocycles. The molecule has 3 fully saturated rings. The van der Waals surface area contributed by atoms with Gasteiger partial charge in [-0.05, 0) is 119 Å². The fourth-order valence-corrected chi connectivity index (χ4v) is 8.59. The average Bonchev–Trinajstić information content (AvgIpc) is 3.94. The molecule has 7 rings (SSSR count). The summed E-state index contributed by atoms with van der Waals surface area (Å²) in [7, 11) is 6.62. The van der Waals surface area contributed by atoms with E-state index in [0.717, 1.165) is 76.3 Å². The number of nitrogens with one attached hydrogen (secondary N) is 1. The second-order valence-corrected chi connectivity index (χ2v) is 15.9. The molecule has 2 heterocycles. The third-order valence-corrected chi connectivity index (χ3v) is 12.2. The highest BCUT2D eigenvalue weighted by atomic mass is 16.5. The molecule has 0 unspecified atom stereocenters. The fraction of sp³-hybridized carbons (Fsp3) is 0.522. The van der Waals surface area contributed by atoms with Crippen LogP contribution in [-0.4, -0.2) is 61.1 Å². The van der Waals surface area contributed by atoms with Crippen molar-refractivity contribution in [3.05, 3.63) is 71.0 Å². The van der Waals surface area contributed by atoms with Crippen molar-refractivity contribution in [1.29, 1.82) is 0 Å². The largest absolute Gasteiger partial charge is 0.497 e. The molecule has 0 saturated heterocycles.